The van der Waals surface area contributed by atoms with Crippen molar-refractivity contribution in [1.29, 1.82) is 0 Å². The molecule has 2 atom stereocenters. The van der Waals surface area contributed by atoms with Crippen molar-refractivity contribution in [3.8, 4) is 23.0 Å². The minimum Gasteiger partial charge on any atom is -0.493 e. The minimum absolute atomic E-state index is 0.0445. The maximum Gasteiger partial charge on any atom is 0.431 e. The lowest BCUT2D eigenvalue weighted by molar-refractivity contribution is -0.121. The molecule has 4 heterocycles. The number of para-hydroxylation sites is 2. The molecule has 0 spiro atoms. The average Bonchev–Trinajstić information content (AvgIpc) is 3.86. The van der Waals surface area contributed by atoms with E-state index in [1.165, 1.54) is 0 Å². The van der Waals surface area contributed by atoms with E-state index in [1.54, 1.807) is 44.4 Å². The molecule has 5 aromatic carbocycles. The van der Waals surface area contributed by atoms with Gasteiger partial charge in [-0.2, -0.15) is 5.48 Å². The summed E-state index contributed by atoms with van der Waals surface area (Å²) in [6, 6.07) is 29.7. The molecule has 4 aliphatic heterocycles. The van der Waals surface area contributed by atoms with Crippen molar-refractivity contribution in [2.45, 2.75) is 83.1 Å². The Kier molecular flexibility index (Phi) is 20.6. The number of nitrogens with zero attached hydrogens (tertiary/aromatic N) is 4. The van der Waals surface area contributed by atoms with Gasteiger partial charge in [0.2, 0.25) is 5.91 Å². The molecule has 0 bridgehead atoms. The maximum absolute atomic E-state index is 14.3. The Morgan fingerprint density at radius 2 is 1.35 bits per heavy atom. The predicted octanol–water partition coefficient (Wildman–Crippen LogP) is 8.91. The number of carbonyl (C=O) groups excluding carboxylic acids is 4. The van der Waals surface area contributed by atoms with Crippen LogP contribution in [0.1, 0.15) is 62.2 Å². The van der Waals surface area contributed by atoms with E-state index in [2.05, 4.69) is 46.7 Å². The Morgan fingerprint density at radius 3 is 2.06 bits per heavy atom. The number of hydrogen-bond acceptors (Lipinski definition) is 16. The number of aliphatic imine (C=N–C) groups is 1. The molecule has 0 aromatic heterocycles. The van der Waals surface area contributed by atoms with Crippen molar-refractivity contribution in [1.82, 2.24) is 10.8 Å². The second-order valence-electron chi connectivity index (χ2n) is 22.0. The van der Waals surface area contributed by atoms with Gasteiger partial charge >= 0.3 is 6.09 Å². The number of hydroxylamine groups is 1. The Bertz CT molecular complexity index is 3120. The summed E-state index contributed by atoms with van der Waals surface area (Å²) in [7, 11) is 3.39. The quantitative estimate of drug-likeness (QED) is 0.0223. The molecule has 4 amide bonds. The van der Waals surface area contributed by atoms with Crippen molar-refractivity contribution in [2.24, 2.45) is 4.99 Å². The molecule has 0 radical (unpaired) electrons. The highest BCUT2D eigenvalue weighted by Crippen LogP contribution is 2.43. The fourth-order valence-electron chi connectivity index (χ4n) is 10.5. The van der Waals surface area contributed by atoms with Crippen LogP contribution in [-0.4, -0.2) is 144 Å². The second kappa shape index (κ2) is 28.5. The third-order valence-corrected chi connectivity index (χ3v) is 16.5. The first kappa shape index (κ1) is 59.9. The number of hydrogen-bond donors (Lipinski definition) is 3. The molecule has 442 valence electrons. The monoisotopic (exact) mass is 1160 g/mol. The fraction of sp³-hybridized carbons (Fsp3) is 0.435. The molecule has 5 aromatic rings. The molecule has 0 aliphatic carbocycles. The van der Waals surface area contributed by atoms with Crippen LogP contribution in [0.4, 0.5) is 33.2 Å². The molecule has 0 fully saturated rings. The molecular formula is C62H77N7O13Si. The molecular weight excluding hydrogens is 1080 g/mol. The first-order valence-electron chi connectivity index (χ1n) is 28.4. The predicted molar refractivity (Wildman–Crippen MR) is 320 cm³/mol. The number of benzene rings is 5. The van der Waals surface area contributed by atoms with E-state index < -0.39 is 14.2 Å². The van der Waals surface area contributed by atoms with Crippen molar-refractivity contribution < 1.29 is 61.9 Å². The molecule has 20 nitrogen and oxygen atoms in total. The van der Waals surface area contributed by atoms with E-state index in [1.807, 2.05) is 77.8 Å². The van der Waals surface area contributed by atoms with Crippen LogP contribution in [0.15, 0.2) is 96.0 Å². The van der Waals surface area contributed by atoms with Crippen LogP contribution in [0.25, 0.3) is 0 Å². The standard InChI is InChI=1S/C62H77N7O13Si/c1-74-23-24-78-26-25-77-22-20-67(19-11-17-59(70)63-18-12-21-82-66-62(73)79-27-28-83(4,5)6)46-30-42(40-80-57-36-51-49(34-55(57)75-2)60(71)68-47(38-64-51)32-44-13-7-9-15-53(44)68)29-43(31-46)41-81-58-37-52-50(35-56(58)76-3)61(72)69-48(39-65-52)33-45-14-8-10-16-54(45)69/h7-10,13-16,29-31,34-38,47-48,65H,11-12,17-28,32-33,39-41H2,1-6H3,(H,63,70)(H,66,73)/t47-,48-/m0/s1. The van der Waals surface area contributed by atoms with Gasteiger partial charge in [0.1, 0.15) is 13.2 Å². The number of methoxy groups -OCH3 is 3. The zero-order chi connectivity index (χ0) is 58.3. The highest BCUT2D eigenvalue weighted by Gasteiger charge is 2.39. The lowest BCUT2D eigenvalue weighted by Gasteiger charge is -2.26. The smallest absolute Gasteiger partial charge is 0.431 e. The molecule has 21 heteroatoms. The Balaban J connectivity index is 0.929. The molecule has 0 unspecified atom stereocenters. The van der Waals surface area contributed by atoms with Crippen LogP contribution in [0.5, 0.6) is 23.0 Å². The number of fused-ring (bicyclic) bond motifs is 8. The van der Waals surface area contributed by atoms with Gasteiger partial charge in [-0.15, -0.1) is 0 Å². The number of ether oxygens (including phenoxy) is 8. The van der Waals surface area contributed by atoms with Crippen molar-refractivity contribution in [2.75, 3.05) is 114 Å². The lowest BCUT2D eigenvalue weighted by atomic mass is 10.1. The van der Waals surface area contributed by atoms with Crippen LogP contribution >= 0.6 is 0 Å². The van der Waals surface area contributed by atoms with Crippen molar-refractivity contribution >= 4 is 66.5 Å². The first-order valence-corrected chi connectivity index (χ1v) is 32.2. The zero-order valence-corrected chi connectivity index (χ0v) is 49.4. The van der Waals surface area contributed by atoms with Gasteiger partial charge in [-0.1, -0.05) is 56.0 Å². The average molecular weight is 1160 g/mol. The van der Waals surface area contributed by atoms with E-state index in [-0.39, 0.29) is 56.0 Å². The first-order chi connectivity index (χ1) is 40.3. The summed E-state index contributed by atoms with van der Waals surface area (Å²) < 4.78 is 47.1. The number of amides is 4. The number of nitrogens with one attached hydrogen (secondary N) is 3. The fourth-order valence-corrected chi connectivity index (χ4v) is 11.2. The largest absolute Gasteiger partial charge is 0.493 e. The molecule has 9 rings (SSSR count). The Labute approximate surface area is 486 Å². The number of rotatable bonds is 30. The van der Waals surface area contributed by atoms with E-state index in [0.29, 0.717) is 131 Å². The van der Waals surface area contributed by atoms with E-state index in [4.69, 9.17) is 47.7 Å². The molecule has 0 saturated heterocycles. The van der Waals surface area contributed by atoms with Gasteiger partial charge in [-0.25, -0.2) is 4.79 Å². The summed E-state index contributed by atoms with van der Waals surface area (Å²) in [5.74, 6) is 1.25. The number of anilines is 4. The van der Waals surface area contributed by atoms with Crippen LogP contribution in [-0.2, 0) is 54.6 Å². The highest BCUT2D eigenvalue weighted by atomic mass is 28.3. The summed E-state index contributed by atoms with van der Waals surface area (Å²) in [5.41, 5.74) is 10.8. The summed E-state index contributed by atoms with van der Waals surface area (Å²) in [5, 5.41) is 6.49. The van der Waals surface area contributed by atoms with Gasteiger partial charge in [0, 0.05) is 89.6 Å². The van der Waals surface area contributed by atoms with Gasteiger partial charge in [-0.05, 0) is 90.0 Å². The van der Waals surface area contributed by atoms with Crippen LogP contribution in [0, 0.1) is 0 Å². The van der Waals surface area contributed by atoms with Gasteiger partial charge in [0.25, 0.3) is 11.8 Å². The van der Waals surface area contributed by atoms with Gasteiger partial charge < -0.3 is 58.3 Å². The normalized spacial score (nSPS) is 15.6. The lowest BCUT2D eigenvalue weighted by Crippen LogP contribution is -2.39. The molecule has 83 heavy (non-hydrogen) atoms. The van der Waals surface area contributed by atoms with Crippen molar-refractivity contribution in [3.05, 3.63) is 124 Å². The number of carbonyl (C=O) groups is 4. The summed E-state index contributed by atoms with van der Waals surface area (Å²) in [6.45, 7) is 11.4. The van der Waals surface area contributed by atoms with Crippen LogP contribution in [0.2, 0.25) is 25.7 Å². The SMILES string of the molecule is COCCOCCOCCN(CCCC(=O)NCCCONC(=O)OCC[Si](C)(C)C)c1cc(COc2cc3c(cc2OC)C(=O)N2c4ccccc4C[C@H]2C=N3)cc(COc2cc3c(cc2OC)C(=O)N2c4ccccc4C[C@H]2CN3)c1. The van der Waals surface area contributed by atoms with Gasteiger partial charge in [-0.3, -0.25) is 29.1 Å². The second-order valence-corrected chi connectivity index (χ2v) is 27.6. The summed E-state index contributed by atoms with van der Waals surface area (Å²) >= 11 is 0. The molecule has 0 saturated carbocycles. The Morgan fingerprint density at radius 1 is 0.699 bits per heavy atom. The van der Waals surface area contributed by atoms with Gasteiger partial charge in [0.05, 0.1) is 95.1 Å². The molecule has 4 aliphatic rings. The van der Waals surface area contributed by atoms with Gasteiger partial charge in [0.15, 0.2) is 23.0 Å². The summed E-state index contributed by atoms with van der Waals surface area (Å²) in [6.07, 6.45) is 3.86. The zero-order valence-electron chi connectivity index (χ0n) is 48.4. The van der Waals surface area contributed by atoms with E-state index >= 15 is 0 Å². The van der Waals surface area contributed by atoms with E-state index in [0.717, 1.165) is 51.8 Å². The van der Waals surface area contributed by atoms with E-state index in [9.17, 15) is 19.2 Å². The minimum atomic E-state index is -1.34. The topological polar surface area (TPSA) is 210 Å². The summed E-state index contributed by atoms with van der Waals surface area (Å²) in [4.78, 5) is 69.7. The third kappa shape index (κ3) is 15.5. The maximum atomic E-state index is 14.3. The highest BCUT2D eigenvalue weighted by molar-refractivity contribution is 6.76. The third-order valence-electron chi connectivity index (χ3n) is 14.8. The van der Waals surface area contributed by atoms with Crippen molar-refractivity contribution in [3.63, 3.8) is 0 Å². The van der Waals surface area contributed by atoms with Crippen LogP contribution in [0.3, 0.4) is 0 Å². The molecule has 3 N–H and O–H groups in total. The van der Waals surface area contributed by atoms with Crippen LogP contribution < -0.4 is 49.8 Å². The Hall–Kier alpha value is -7.69.